The van der Waals surface area contributed by atoms with Crippen molar-refractivity contribution < 1.29 is 9.53 Å². The third-order valence-electron chi connectivity index (χ3n) is 2.42. The Hall–Kier alpha value is -1.55. The van der Waals surface area contributed by atoms with Crippen LogP contribution in [0.1, 0.15) is 22.2 Å². The monoisotopic (exact) mass is 235 g/mol. The van der Waals surface area contributed by atoms with Crippen LogP contribution in [0.4, 0.5) is 5.69 Å². The van der Waals surface area contributed by atoms with Gasteiger partial charge in [0.2, 0.25) is 0 Å². The SMILES string of the molecule is CCOC(=O)c1sc2cccc(C)c2c1N. The molecule has 0 bridgehead atoms. The lowest BCUT2D eigenvalue weighted by molar-refractivity contribution is 0.0533. The molecule has 0 amide bonds. The average molecular weight is 235 g/mol. The maximum absolute atomic E-state index is 11.7. The Labute approximate surface area is 97.8 Å². The highest BCUT2D eigenvalue weighted by atomic mass is 32.1. The number of hydrogen-bond donors (Lipinski definition) is 1. The number of anilines is 1. The van der Waals surface area contributed by atoms with Gasteiger partial charge in [-0.25, -0.2) is 4.79 Å². The van der Waals surface area contributed by atoms with Crippen LogP contribution in [0.3, 0.4) is 0 Å². The number of ether oxygens (including phenoxy) is 1. The maximum Gasteiger partial charge on any atom is 0.350 e. The Morgan fingerprint density at radius 1 is 1.50 bits per heavy atom. The van der Waals surface area contributed by atoms with E-state index in [1.165, 1.54) is 11.3 Å². The van der Waals surface area contributed by atoms with Gasteiger partial charge in [-0.3, -0.25) is 0 Å². The number of rotatable bonds is 2. The number of fused-ring (bicyclic) bond motifs is 1. The molecule has 1 aromatic carbocycles. The lowest BCUT2D eigenvalue weighted by Crippen LogP contribution is -2.04. The van der Waals surface area contributed by atoms with Crippen LogP contribution >= 0.6 is 11.3 Å². The minimum Gasteiger partial charge on any atom is -0.462 e. The fourth-order valence-electron chi connectivity index (χ4n) is 1.70. The Balaban J connectivity index is 2.61. The molecule has 2 N–H and O–H groups in total. The number of esters is 1. The van der Waals surface area contributed by atoms with E-state index in [4.69, 9.17) is 10.5 Å². The van der Waals surface area contributed by atoms with Crippen LogP contribution in [-0.2, 0) is 4.74 Å². The molecule has 3 nitrogen and oxygen atoms in total. The normalized spacial score (nSPS) is 10.6. The molecule has 0 aliphatic heterocycles. The molecule has 0 fully saturated rings. The van der Waals surface area contributed by atoms with Gasteiger partial charge in [0.25, 0.3) is 0 Å². The van der Waals surface area contributed by atoms with Crippen molar-refractivity contribution >= 4 is 33.1 Å². The average Bonchev–Trinajstić information content (AvgIpc) is 2.58. The summed E-state index contributed by atoms with van der Waals surface area (Å²) in [6.07, 6.45) is 0. The van der Waals surface area contributed by atoms with Crippen molar-refractivity contribution in [3.05, 3.63) is 28.6 Å². The van der Waals surface area contributed by atoms with Gasteiger partial charge in [0.1, 0.15) is 4.88 Å². The number of carbonyl (C=O) groups excluding carboxylic acids is 1. The summed E-state index contributed by atoms with van der Waals surface area (Å²) in [5.74, 6) is -0.333. The summed E-state index contributed by atoms with van der Waals surface area (Å²) in [7, 11) is 0. The molecule has 0 atom stereocenters. The zero-order valence-electron chi connectivity index (χ0n) is 9.24. The van der Waals surface area contributed by atoms with Gasteiger partial charge < -0.3 is 10.5 Å². The maximum atomic E-state index is 11.7. The molecule has 0 saturated heterocycles. The largest absolute Gasteiger partial charge is 0.462 e. The van der Waals surface area contributed by atoms with Crippen LogP contribution < -0.4 is 5.73 Å². The lowest BCUT2D eigenvalue weighted by Gasteiger charge is -2.00. The fourth-order valence-corrected chi connectivity index (χ4v) is 2.79. The highest BCUT2D eigenvalue weighted by molar-refractivity contribution is 7.21. The quantitative estimate of drug-likeness (QED) is 0.814. The molecule has 0 aliphatic rings. The minimum atomic E-state index is -0.333. The summed E-state index contributed by atoms with van der Waals surface area (Å²) in [5, 5.41) is 0.968. The summed E-state index contributed by atoms with van der Waals surface area (Å²) in [6, 6.07) is 5.91. The van der Waals surface area contributed by atoms with Gasteiger partial charge in [-0.1, -0.05) is 12.1 Å². The van der Waals surface area contributed by atoms with E-state index in [1.54, 1.807) is 6.92 Å². The number of aryl methyl sites for hydroxylation is 1. The summed E-state index contributed by atoms with van der Waals surface area (Å²) < 4.78 is 6.00. The Morgan fingerprint density at radius 3 is 2.88 bits per heavy atom. The molecule has 84 valence electrons. The highest BCUT2D eigenvalue weighted by Gasteiger charge is 2.17. The molecule has 4 heteroatoms. The van der Waals surface area contributed by atoms with E-state index in [-0.39, 0.29) is 5.97 Å². The molecule has 2 rings (SSSR count). The van der Waals surface area contributed by atoms with E-state index in [0.29, 0.717) is 17.2 Å². The van der Waals surface area contributed by atoms with Crippen LogP contribution in [0.2, 0.25) is 0 Å². The third-order valence-corrected chi connectivity index (χ3v) is 3.57. The van der Waals surface area contributed by atoms with E-state index < -0.39 is 0 Å². The first-order valence-corrected chi connectivity index (χ1v) is 5.91. The molecular formula is C12H13NO2S. The van der Waals surface area contributed by atoms with Crippen LogP contribution in [-0.4, -0.2) is 12.6 Å². The molecule has 1 heterocycles. The molecule has 16 heavy (non-hydrogen) atoms. The Bertz CT molecular complexity index is 545. The molecule has 2 aromatic rings. The van der Waals surface area contributed by atoms with Crippen LogP contribution in [0, 0.1) is 6.92 Å². The van der Waals surface area contributed by atoms with E-state index >= 15 is 0 Å². The van der Waals surface area contributed by atoms with Crippen molar-refractivity contribution in [2.45, 2.75) is 13.8 Å². The predicted molar refractivity (Wildman–Crippen MR) is 66.9 cm³/mol. The topological polar surface area (TPSA) is 52.3 Å². The van der Waals surface area contributed by atoms with Crippen molar-refractivity contribution in [2.75, 3.05) is 12.3 Å². The minimum absolute atomic E-state index is 0.333. The number of benzene rings is 1. The van der Waals surface area contributed by atoms with Gasteiger partial charge in [0.15, 0.2) is 0 Å². The highest BCUT2D eigenvalue weighted by Crippen LogP contribution is 2.35. The number of nitrogen functional groups attached to an aromatic ring is 1. The fraction of sp³-hybridized carbons (Fsp3) is 0.250. The number of nitrogens with two attached hydrogens (primary N) is 1. The predicted octanol–water partition coefficient (Wildman–Crippen LogP) is 2.97. The molecule has 0 unspecified atom stereocenters. The summed E-state index contributed by atoms with van der Waals surface area (Å²) >= 11 is 1.39. The smallest absolute Gasteiger partial charge is 0.350 e. The summed E-state index contributed by atoms with van der Waals surface area (Å²) in [6.45, 7) is 4.14. The van der Waals surface area contributed by atoms with Crippen LogP contribution in [0.5, 0.6) is 0 Å². The Kier molecular flexibility index (Phi) is 2.83. The third kappa shape index (κ3) is 1.65. The Morgan fingerprint density at radius 2 is 2.25 bits per heavy atom. The van der Waals surface area contributed by atoms with E-state index in [1.807, 2.05) is 25.1 Å². The van der Waals surface area contributed by atoms with Gasteiger partial charge in [-0.05, 0) is 25.5 Å². The van der Waals surface area contributed by atoms with Gasteiger partial charge in [-0.2, -0.15) is 0 Å². The lowest BCUT2D eigenvalue weighted by atomic mass is 10.1. The molecule has 0 aliphatic carbocycles. The van der Waals surface area contributed by atoms with Crippen LogP contribution in [0.25, 0.3) is 10.1 Å². The van der Waals surface area contributed by atoms with Crippen molar-refractivity contribution in [3.63, 3.8) is 0 Å². The summed E-state index contributed by atoms with van der Waals surface area (Å²) in [5.41, 5.74) is 7.60. The molecule has 0 spiro atoms. The van der Waals surface area contributed by atoms with E-state index in [0.717, 1.165) is 15.6 Å². The van der Waals surface area contributed by atoms with Gasteiger partial charge >= 0.3 is 5.97 Å². The zero-order valence-corrected chi connectivity index (χ0v) is 10.1. The molecule has 0 radical (unpaired) electrons. The first-order chi connectivity index (χ1) is 7.65. The van der Waals surface area contributed by atoms with Gasteiger partial charge in [-0.15, -0.1) is 11.3 Å². The van der Waals surface area contributed by atoms with Crippen molar-refractivity contribution in [1.82, 2.24) is 0 Å². The van der Waals surface area contributed by atoms with Crippen molar-refractivity contribution in [3.8, 4) is 0 Å². The number of carbonyl (C=O) groups is 1. The standard InChI is InChI=1S/C12H13NO2S/c1-3-15-12(14)11-10(13)9-7(2)5-4-6-8(9)16-11/h4-6H,3,13H2,1-2H3. The van der Waals surface area contributed by atoms with E-state index in [2.05, 4.69) is 0 Å². The van der Waals surface area contributed by atoms with Crippen molar-refractivity contribution in [1.29, 1.82) is 0 Å². The van der Waals surface area contributed by atoms with Gasteiger partial charge in [0, 0.05) is 10.1 Å². The first kappa shape index (κ1) is 11.0. The first-order valence-electron chi connectivity index (χ1n) is 5.09. The zero-order chi connectivity index (χ0) is 11.7. The second-order valence-corrected chi connectivity index (χ2v) is 4.57. The summed E-state index contributed by atoms with van der Waals surface area (Å²) in [4.78, 5) is 12.2. The second kappa shape index (κ2) is 4.14. The molecular weight excluding hydrogens is 222 g/mol. The number of thiophene rings is 1. The molecule has 0 saturated carbocycles. The van der Waals surface area contributed by atoms with Crippen LogP contribution in [0.15, 0.2) is 18.2 Å². The molecule has 1 aromatic heterocycles. The van der Waals surface area contributed by atoms with Crippen molar-refractivity contribution in [2.24, 2.45) is 0 Å². The van der Waals surface area contributed by atoms with Gasteiger partial charge in [0.05, 0.1) is 12.3 Å². The number of hydrogen-bond acceptors (Lipinski definition) is 4. The second-order valence-electron chi connectivity index (χ2n) is 3.51. The van der Waals surface area contributed by atoms with E-state index in [9.17, 15) is 4.79 Å².